The van der Waals surface area contributed by atoms with E-state index in [1.165, 1.54) is 12.4 Å². The molecule has 0 spiro atoms. The SMILES string of the molecule is CNc1ccncc1NC(=O)c1ccc(F)c(-c2c(F)cccc2F)c1F. The van der Waals surface area contributed by atoms with Crippen molar-refractivity contribution >= 4 is 17.3 Å². The van der Waals surface area contributed by atoms with Crippen molar-refractivity contribution in [2.24, 2.45) is 0 Å². The van der Waals surface area contributed by atoms with Gasteiger partial charge in [-0.2, -0.15) is 0 Å². The Morgan fingerprint density at radius 1 is 0.889 bits per heavy atom. The number of nitrogens with one attached hydrogen (secondary N) is 2. The van der Waals surface area contributed by atoms with Gasteiger partial charge >= 0.3 is 0 Å². The second-order valence-corrected chi connectivity index (χ2v) is 5.51. The summed E-state index contributed by atoms with van der Waals surface area (Å²) in [5, 5.41) is 5.25. The fourth-order valence-electron chi connectivity index (χ4n) is 2.60. The van der Waals surface area contributed by atoms with Crippen molar-refractivity contribution in [3.8, 4) is 11.1 Å². The van der Waals surface area contributed by atoms with E-state index in [9.17, 15) is 22.4 Å². The van der Waals surface area contributed by atoms with Crippen molar-refractivity contribution in [1.82, 2.24) is 4.98 Å². The van der Waals surface area contributed by atoms with Gasteiger partial charge in [0, 0.05) is 13.2 Å². The molecule has 1 aromatic heterocycles. The normalized spacial score (nSPS) is 10.6. The molecule has 4 nitrogen and oxygen atoms in total. The number of pyridine rings is 1. The number of amides is 1. The van der Waals surface area contributed by atoms with E-state index in [4.69, 9.17) is 0 Å². The number of nitrogens with zero attached hydrogens (tertiary/aromatic N) is 1. The summed E-state index contributed by atoms with van der Waals surface area (Å²) in [6, 6.07) is 6.08. The number of benzene rings is 2. The molecule has 0 atom stereocenters. The van der Waals surface area contributed by atoms with Crippen molar-refractivity contribution < 1.29 is 22.4 Å². The van der Waals surface area contributed by atoms with Crippen LogP contribution in [0.2, 0.25) is 0 Å². The minimum atomic E-state index is -1.37. The maximum absolute atomic E-state index is 14.8. The maximum Gasteiger partial charge on any atom is 0.258 e. The van der Waals surface area contributed by atoms with Crippen molar-refractivity contribution in [2.45, 2.75) is 0 Å². The number of carbonyl (C=O) groups is 1. The highest BCUT2D eigenvalue weighted by Gasteiger charge is 2.24. The Balaban J connectivity index is 2.07. The van der Waals surface area contributed by atoms with Crippen LogP contribution in [0.5, 0.6) is 0 Å². The Bertz CT molecular complexity index is 1000. The lowest BCUT2D eigenvalue weighted by Gasteiger charge is -2.13. The lowest BCUT2D eigenvalue weighted by molar-refractivity contribution is 0.102. The molecule has 0 unspecified atom stereocenters. The fraction of sp³-hybridized carbons (Fsp3) is 0.0526. The second-order valence-electron chi connectivity index (χ2n) is 5.51. The molecule has 8 heteroatoms. The highest BCUT2D eigenvalue weighted by Crippen LogP contribution is 2.32. The summed E-state index contributed by atoms with van der Waals surface area (Å²) < 4.78 is 57.0. The monoisotopic (exact) mass is 375 g/mol. The zero-order chi connectivity index (χ0) is 19.6. The molecule has 0 aliphatic rings. The van der Waals surface area contributed by atoms with Crippen LogP contribution in [0.4, 0.5) is 28.9 Å². The van der Waals surface area contributed by atoms with Gasteiger partial charge in [0.15, 0.2) is 0 Å². The molecule has 2 aromatic carbocycles. The Kier molecular flexibility index (Phi) is 5.07. The molecule has 2 N–H and O–H groups in total. The predicted octanol–water partition coefficient (Wildman–Crippen LogP) is 4.60. The molecule has 0 fully saturated rings. The average molecular weight is 375 g/mol. The number of hydrogen-bond acceptors (Lipinski definition) is 3. The van der Waals surface area contributed by atoms with E-state index in [2.05, 4.69) is 15.6 Å². The van der Waals surface area contributed by atoms with Gasteiger partial charge < -0.3 is 10.6 Å². The second kappa shape index (κ2) is 7.45. The summed E-state index contributed by atoms with van der Waals surface area (Å²) in [6.45, 7) is 0. The van der Waals surface area contributed by atoms with Crippen LogP contribution >= 0.6 is 0 Å². The van der Waals surface area contributed by atoms with Gasteiger partial charge in [-0.3, -0.25) is 9.78 Å². The Morgan fingerprint density at radius 2 is 1.56 bits per heavy atom. The maximum atomic E-state index is 14.8. The van der Waals surface area contributed by atoms with Gasteiger partial charge in [-0.25, -0.2) is 17.6 Å². The van der Waals surface area contributed by atoms with Crippen LogP contribution in [0.25, 0.3) is 11.1 Å². The average Bonchev–Trinajstić information content (AvgIpc) is 2.64. The lowest BCUT2D eigenvalue weighted by Crippen LogP contribution is -2.16. The van der Waals surface area contributed by atoms with Gasteiger partial charge in [0.25, 0.3) is 5.91 Å². The van der Waals surface area contributed by atoms with Gasteiger partial charge in [-0.1, -0.05) is 6.07 Å². The summed E-state index contributed by atoms with van der Waals surface area (Å²) in [4.78, 5) is 16.3. The molecule has 0 radical (unpaired) electrons. The lowest BCUT2D eigenvalue weighted by atomic mass is 9.99. The summed E-state index contributed by atoms with van der Waals surface area (Å²) in [7, 11) is 1.61. The van der Waals surface area contributed by atoms with Crippen LogP contribution in [0.15, 0.2) is 48.8 Å². The van der Waals surface area contributed by atoms with Crippen molar-refractivity contribution in [2.75, 3.05) is 17.7 Å². The molecule has 1 amide bonds. The smallest absolute Gasteiger partial charge is 0.258 e. The minimum absolute atomic E-state index is 0.257. The van der Waals surface area contributed by atoms with Crippen LogP contribution in [0.1, 0.15) is 10.4 Å². The van der Waals surface area contributed by atoms with E-state index in [1.54, 1.807) is 13.1 Å². The van der Waals surface area contributed by atoms with Crippen molar-refractivity contribution in [1.29, 1.82) is 0 Å². The molecule has 0 aliphatic heterocycles. The van der Waals surface area contributed by atoms with Gasteiger partial charge in [-0.05, 0) is 30.3 Å². The fourth-order valence-corrected chi connectivity index (χ4v) is 2.60. The zero-order valence-corrected chi connectivity index (χ0v) is 14.0. The third-order valence-electron chi connectivity index (χ3n) is 3.89. The first-order valence-corrected chi connectivity index (χ1v) is 7.79. The quantitative estimate of drug-likeness (QED) is 0.656. The Labute approximate surface area is 151 Å². The van der Waals surface area contributed by atoms with Gasteiger partial charge in [-0.15, -0.1) is 0 Å². The number of aromatic nitrogens is 1. The van der Waals surface area contributed by atoms with E-state index in [0.717, 1.165) is 30.3 Å². The number of rotatable bonds is 4. The van der Waals surface area contributed by atoms with E-state index in [-0.39, 0.29) is 5.69 Å². The third-order valence-corrected chi connectivity index (χ3v) is 3.89. The first kappa shape index (κ1) is 18.4. The van der Waals surface area contributed by atoms with Gasteiger partial charge in [0.05, 0.1) is 34.3 Å². The standard InChI is InChI=1S/C19H13F4N3O/c1-24-14-7-8-25-9-15(14)26-19(27)10-5-6-13(22)17(18(10)23)16-11(20)3-2-4-12(16)21/h2-9H,1H3,(H,24,25)(H,26,27). The molecule has 0 saturated carbocycles. The first-order chi connectivity index (χ1) is 12.9. The number of anilines is 2. The molecule has 27 heavy (non-hydrogen) atoms. The number of halogens is 4. The molecule has 0 bridgehead atoms. The predicted molar refractivity (Wildman–Crippen MR) is 93.4 cm³/mol. The Morgan fingerprint density at radius 3 is 2.22 bits per heavy atom. The van der Waals surface area contributed by atoms with Crippen molar-refractivity contribution in [3.63, 3.8) is 0 Å². The highest BCUT2D eigenvalue weighted by atomic mass is 19.1. The van der Waals surface area contributed by atoms with Crippen LogP contribution in [0.3, 0.4) is 0 Å². The van der Waals surface area contributed by atoms with Crippen LogP contribution in [-0.2, 0) is 0 Å². The van der Waals surface area contributed by atoms with Crippen LogP contribution < -0.4 is 10.6 Å². The molecule has 0 aliphatic carbocycles. The number of hydrogen-bond donors (Lipinski definition) is 2. The largest absolute Gasteiger partial charge is 0.386 e. The van der Waals surface area contributed by atoms with Crippen molar-refractivity contribution in [3.05, 3.63) is 77.6 Å². The zero-order valence-electron chi connectivity index (χ0n) is 14.0. The molecule has 1 heterocycles. The van der Waals surface area contributed by atoms with Crippen LogP contribution in [-0.4, -0.2) is 17.9 Å². The molecular weight excluding hydrogens is 362 g/mol. The van der Waals surface area contributed by atoms with E-state index >= 15 is 0 Å². The molecule has 3 rings (SSSR count). The Hall–Kier alpha value is -3.42. The molecule has 138 valence electrons. The number of carbonyl (C=O) groups excluding carboxylic acids is 1. The topological polar surface area (TPSA) is 54.0 Å². The van der Waals surface area contributed by atoms with E-state index in [0.29, 0.717) is 5.69 Å². The first-order valence-electron chi connectivity index (χ1n) is 7.79. The summed E-state index contributed by atoms with van der Waals surface area (Å²) in [5.74, 6) is -5.77. The van der Waals surface area contributed by atoms with E-state index in [1.807, 2.05) is 0 Å². The van der Waals surface area contributed by atoms with Gasteiger partial charge in [0.1, 0.15) is 23.3 Å². The highest BCUT2D eigenvalue weighted by molar-refractivity contribution is 6.06. The van der Waals surface area contributed by atoms with Crippen LogP contribution in [0, 0.1) is 23.3 Å². The van der Waals surface area contributed by atoms with E-state index < -0.39 is 45.9 Å². The summed E-state index contributed by atoms with van der Waals surface area (Å²) in [5.41, 5.74) is -1.62. The summed E-state index contributed by atoms with van der Waals surface area (Å²) >= 11 is 0. The molecular formula is C19H13F4N3O. The summed E-state index contributed by atoms with van der Waals surface area (Å²) in [6.07, 6.45) is 2.82. The molecule has 0 saturated heterocycles. The van der Waals surface area contributed by atoms with Gasteiger partial charge in [0.2, 0.25) is 0 Å². The molecule has 3 aromatic rings. The third kappa shape index (κ3) is 3.46. The minimum Gasteiger partial charge on any atom is -0.386 e.